The number of ether oxygens (including phenoxy) is 2. The molecule has 0 saturated heterocycles. The zero-order valence-corrected chi connectivity index (χ0v) is 18.9. The molecule has 0 bridgehead atoms. The maximum absolute atomic E-state index is 12.3. The number of hydrazine groups is 1. The number of carbonyl (C=O) groups is 2. The lowest BCUT2D eigenvalue weighted by molar-refractivity contribution is 0.0934. The van der Waals surface area contributed by atoms with Crippen LogP contribution in [0.2, 0.25) is 0 Å². The highest BCUT2D eigenvalue weighted by Crippen LogP contribution is 2.14. The van der Waals surface area contributed by atoms with Gasteiger partial charge >= 0.3 is 0 Å². The summed E-state index contributed by atoms with van der Waals surface area (Å²) < 4.78 is 11.1. The molecule has 0 aliphatic carbocycles. The second kappa shape index (κ2) is 12.5. The van der Waals surface area contributed by atoms with Gasteiger partial charge in [0.05, 0.1) is 13.2 Å². The number of benzene rings is 2. The molecule has 0 aliphatic heterocycles. The molecule has 0 aliphatic rings. The molecule has 2 amide bonds. The van der Waals surface area contributed by atoms with Gasteiger partial charge in [-0.3, -0.25) is 25.8 Å². The van der Waals surface area contributed by atoms with E-state index in [2.05, 4.69) is 30.0 Å². The number of carbonyl (C=O) groups excluding carboxylic acids is 2. The number of hydrogen-bond acceptors (Lipinski definition) is 5. The van der Waals surface area contributed by atoms with Crippen LogP contribution in [-0.4, -0.2) is 30.1 Å². The molecule has 0 aromatic heterocycles. The molecular formula is C23H29N3O4S. The Hall–Kier alpha value is -3.13. The normalized spacial score (nSPS) is 10.3. The second-order valence-electron chi connectivity index (χ2n) is 7.29. The van der Waals surface area contributed by atoms with Crippen LogP contribution in [0.5, 0.6) is 11.5 Å². The van der Waals surface area contributed by atoms with Gasteiger partial charge in [-0.15, -0.1) is 0 Å². The molecule has 0 unspecified atom stereocenters. The van der Waals surface area contributed by atoms with Crippen LogP contribution >= 0.6 is 12.2 Å². The molecule has 0 saturated carbocycles. The third kappa shape index (κ3) is 8.64. The van der Waals surface area contributed by atoms with Crippen molar-refractivity contribution in [2.75, 3.05) is 13.2 Å². The van der Waals surface area contributed by atoms with Crippen molar-refractivity contribution in [3.63, 3.8) is 0 Å². The van der Waals surface area contributed by atoms with E-state index in [4.69, 9.17) is 21.7 Å². The van der Waals surface area contributed by atoms with Gasteiger partial charge in [0.25, 0.3) is 11.8 Å². The summed E-state index contributed by atoms with van der Waals surface area (Å²) in [6, 6.07) is 13.5. The van der Waals surface area contributed by atoms with Crippen LogP contribution in [0.4, 0.5) is 0 Å². The lowest BCUT2D eigenvalue weighted by atomic mass is 10.1. The summed E-state index contributed by atoms with van der Waals surface area (Å²) in [5.74, 6) is 1.20. The van der Waals surface area contributed by atoms with E-state index in [0.717, 1.165) is 12.8 Å². The summed E-state index contributed by atoms with van der Waals surface area (Å²) in [6.07, 6.45) is 1.87. The van der Waals surface area contributed by atoms with Crippen molar-refractivity contribution in [1.82, 2.24) is 16.2 Å². The van der Waals surface area contributed by atoms with Crippen LogP contribution in [-0.2, 0) is 0 Å². The van der Waals surface area contributed by atoms with Crippen LogP contribution in [0.25, 0.3) is 0 Å². The fourth-order valence-electron chi connectivity index (χ4n) is 2.43. The first-order chi connectivity index (χ1) is 14.9. The Bertz CT molecular complexity index is 867. The molecule has 0 atom stereocenters. The molecule has 0 radical (unpaired) electrons. The van der Waals surface area contributed by atoms with Gasteiger partial charge in [-0.2, -0.15) is 0 Å². The van der Waals surface area contributed by atoms with Gasteiger partial charge in [-0.1, -0.05) is 20.8 Å². The average molecular weight is 444 g/mol. The zero-order valence-electron chi connectivity index (χ0n) is 18.1. The Balaban J connectivity index is 1.77. The van der Waals surface area contributed by atoms with Crippen LogP contribution in [0.3, 0.4) is 0 Å². The quantitative estimate of drug-likeness (QED) is 0.403. The third-order valence-corrected chi connectivity index (χ3v) is 4.39. The predicted molar refractivity (Wildman–Crippen MR) is 124 cm³/mol. The number of nitrogens with one attached hydrogen (secondary N) is 3. The van der Waals surface area contributed by atoms with Gasteiger partial charge in [-0.25, -0.2) is 0 Å². The fourth-order valence-corrected chi connectivity index (χ4v) is 2.57. The lowest BCUT2D eigenvalue weighted by Gasteiger charge is -2.12. The summed E-state index contributed by atoms with van der Waals surface area (Å²) in [4.78, 5) is 24.5. The Morgan fingerprint density at radius 3 is 1.87 bits per heavy atom. The molecule has 0 heterocycles. The molecular weight excluding hydrogens is 414 g/mol. The summed E-state index contributed by atoms with van der Waals surface area (Å²) in [5, 5.41) is 2.50. The van der Waals surface area contributed by atoms with Gasteiger partial charge in [0.15, 0.2) is 5.11 Å². The van der Waals surface area contributed by atoms with E-state index in [0.29, 0.717) is 41.8 Å². The molecule has 2 rings (SSSR count). The molecule has 0 spiro atoms. The molecule has 2 aromatic rings. The van der Waals surface area contributed by atoms with E-state index in [9.17, 15) is 9.59 Å². The van der Waals surface area contributed by atoms with Crippen molar-refractivity contribution in [3.05, 3.63) is 59.7 Å². The highest BCUT2D eigenvalue weighted by molar-refractivity contribution is 7.80. The zero-order chi connectivity index (χ0) is 22.6. The number of amides is 2. The Morgan fingerprint density at radius 2 is 1.35 bits per heavy atom. The van der Waals surface area contributed by atoms with Gasteiger partial charge in [-0.05, 0) is 79.5 Å². The first-order valence-electron chi connectivity index (χ1n) is 10.3. The summed E-state index contributed by atoms with van der Waals surface area (Å²) in [5.41, 5.74) is 5.84. The van der Waals surface area contributed by atoms with Gasteiger partial charge in [0, 0.05) is 11.1 Å². The highest BCUT2D eigenvalue weighted by atomic mass is 32.1. The smallest absolute Gasteiger partial charge is 0.269 e. The van der Waals surface area contributed by atoms with Crippen molar-refractivity contribution in [2.24, 2.45) is 5.92 Å². The predicted octanol–water partition coefficient (Wildman–Crippen LogP) is 3.85. The van der Waals surface area contributed by atoms with Gasteiger partial charge in [0.2, 0.25) is 0 Å². The minimum Gasteiger partial charge on any atom is -0.494 e. The monoisotopic (exact) mass is 443 g/mol. The van der Waals surface area contributed by atoms with Crippen molar-refractivity contribution in [3.8, 4) is 11.5 Å². The van der Waals surface area contributed by atoms with Crippen molar-refractivity contribution in [2.45, 2.75) is 33.6 Å². The number of thiocarbonyl (C=S) groups is 1. The fraction of sp³-hybridized carbons (Fsp3) is 0.348. The van der Waals surface area contributed by atoms with Gasteiger partial charge in [0.1, 0.15) is 11.5 Å². The standard InChI is InChI=1S/C23H29N3O4S/c1-4-14-29-19-9-5-17(6-10-19)21(27)24-23(31)26-25-22(28)18-7-11-20(12-8-18)30-15-13-16(2)3/h5-12,16H,4,13-15H2,1-3H3,(H,25,28)(H2,24,26,27,31). The third-order valence-electron chi connectivity index (χ3n) is 4.19. The van der Waals surface area contributed by atoms with E-state index in [-0.39, 0.29) is 11.0 Å². The summed E-state index contributed by atoms with van der Waals surface area (Å²) in [6.45, 7) is 7.54. The Kier molecular flexibility index (Phi) is 9.77. The largest absolute Gasteiger partial charge is 0.494 e. The van der Waals surface area contributed by atoms with Crippen LogP contribution < -0.4 is 25.6 Å². The first kappa shape index (κ1) is 24.1. The van der Waals surface area contributed by atoms with Crippen LogP contribution in [0.1, 0.15) is 54.3 Å². The molecule has 8 heteroatoms. The summed E-state index contributed by atoms with van der Waals surface area (Å²) in [7, 11) is 0. The SMILES string of the molecule is CCCOc1ccc(C(=O)NC(=S)NNC(=O)c2ccc(OCCC(C)C)cc2)cc1. The molecule has 3 N–H and O–H groups in total. The average Bonchev–Trinajstić information content (AvgIpc) is 2.76. The maximum Gasteiger partial charge on any atom is 0.269 e. The van der Waals surface area contributed by atoms with E-state index in [1.807, 2.05) is 6.92 Å². The minimum atomic E-state index is -0.392. The summed E-state index contributed by atoms with van der Waals surface area (Å²) >= 11 is 5.07. The van der Waals surface area contributed by atoms with Crippen molar-refractivity contribution >= 4 is 29.1 Å². The first-order valence-corrected chi connectivity index (χ1v) is 10.7. The number of rotatable bonds is 9. The molecule has 166 valence electrons. The van der Waals surface area contributed by atoms with E-state index >= 15 is 0 Å². The maximum atomic E-state index is 12.3. The van der Waals surface area contributed by atoms with Crippen LogP contribution in [0.15, 0.2) is 48.5 Å². The second-order valence-corrected chi connectivity index (χ2v) is 7.70. The Labute approximate surface area is 188 Å². The molecule has 0 fully saturated rings. The van der Waals surface area contributed by atoms with E-state index in [1.54, 1.807) is 48.5 Å². The van der Waals surface area contributed by atoms with Crippen LogP contribution in [0, 0.1) is 5.92 Å². The topological polar surface area (TPSA) is 88.7 Å². The van der Waals surface area contributed by atoms with E-state index in [1.165, 1.54) is 0 Å². The molecule has 7 nitrogen and oxygen atoms in total. The van der Waals surface area contributed by atoms with E-state index < -0.39 is 5.91 Å². The Morgan fingerprint density at radius 1 is 0.839 bits per heavy atom. The highest BCUT2D eigenvalue weighted by Gasteiger charge is 2.10. The van der Waals surface area contributed by atoms with Gasteiger partial charge < -0.3 is 9.47 Å². The number of hydrogen-bond donors (Lipinski definition) is 3. The molecule has 2 aromatic carbocycles. The minimum absolute atomic E-state index is 0.0155. The lowest BCUT2D eigenvalue weighted by Crippen LogP contribution is -2.48. The van der Waals surface area contributed by atoms with Crippen molar-refractivity contribution in [1.29, 1.82) is 0 Å². The molecule has 31 heavy (non-hydrogen) atoms. The van der Waals surface area contributed by atoms with Crippen molar-refractivity contribution < 1.29 is 19.1 Å².